The zero-order valence-electron chi connectivity index (χ0n) is 19.1. The molecule has 0 atom stereocenters. The molecule has 4 heterocycles. The fourth-order valence-electron chi connectivity index (χ4n) is 4.26. The van der Waals surface area contributed by atoms with Gasteiger partial charge in [0.25, 0.3) is 0 Å². The summed E-state index contributed by atoms with van der Waals surface area (Å²) < 4.78 is 0. The van der Waals surface area contributed by atoms with Crippen molar-refractivity contribution in [2.24, 2.45) is 0 Å². The molecule has 2 fully saturated rings. The molecule has 11 heteroatoms. The molecular formula is C23H28ClN9O. The normalized spacial score (nSPS) is 16.2. The summed E-state index contributed by atoms with van der Waals surface area (Å²) in [6.45, 7) is 7.40. The molecule has 0 unspecified atom stereocenters. The van der Waals surface area contributed by atoms with Crippen molar-refractivity contribution in [3.63, 3.8) is 0 Å². The highest BCUT2D eigenvalue weighted by Gasteiger charge is 2.24. The van der Waals surface area contributed by atoms with E-state index in [0.29, 0.717) is 34.6 Å². The third kappa shape index (κ3) is 4.97. The lowest BCUT2D eigenvalue weighted by Crippen LogP contribution is -2.44. The highest BCUT2D eigenvalue weighted by molar-refractivity contribution is 6.32. The third-order valence-electron chi connectivity index (χ3n) is 6.00. The molecule has 3 N–H and O–H groups in total. The van der Waals surface area contributed by atoms with Gasteiger partial charge in [-0.2, -0.15) is 9.97 Å². The smallest absolute Gasteiger partial charge is 0.229 e. The maximum Gasteiger partial charge on any atom is 0.229 e. The van der Waals surface area contributed by atoms with Crippen LogP contribution in [-0.2, 0) is 11.3 Å². The number of nitrogens with zero attached hydrogens (tertiary/aromatic N) is 6. The summed E-state index contributed by atoms with van der Waals surface area (Å²) >= 11 is 6.54. The Kier molecular flexibility index (Phi) is 6.59. The van der Waals surface area contributed by atoms with Gasteiger partial charge in [0.05, 0.1) is 0 Å². The van der Waals surface area contributed by atoms with Gasteiger partial charge < -0.3 is 25.8 Å². The zero-order valence-corrected chi connectivity index (χ0v) is 19.9. The number of hydrogen-bond acceptors (Lipinski definition) is 9. The minimum atomic E-state index is -0.0976. The minimum absolute atomic E-state index is 0.0976. The Morgan fingerprint density at radius 3 is 2.44 bits per heavy atom. The maximum atomic E-state index is 11.2. The van der Waals surface area contributed by atoms with Gasteiger partial charge in [-0.15, -0.1) is 0 Å². The first-order valence-electron chi connectivity index (χ1n) is 11.6. The number of nitrogens with one attached hydrogen (secondary N) is 3. The van der Waals surface area contributed by atoms with Crippen LogP contribution in [0.2, 0.25) is 5.15 Å². The summed E-state index contributed by atoms with van der Waals surface area (Å²) in [5.41, 5.74) is 2.95. The monoisotopic (exact) mass is 481 g/mol. The van der Waals surface area contributed by atoms with Crippen molar-refractivity contribution in [2.45, 2.75) is 26.3 Å². The number of anilines is 4. The number of fused-ring (bicyclic) bond motifs is 1. The molecule has 2 saturated heterocycles. The van der Waals surface area contributed by atoms with Crippen molar-refractivity contribution < 1.29 is 4.79 Å². The topological polar surface area (TPSA) is 111 Å². The lowest BCUT2D eigenvalue weighted by atomic mass is 10.2. The van der Waals surface area contributed by atoms with Gasteiger partial charge >= 0.3 is 0 Å². The average molecular weight is 482 g/mol. The molecule has 0 bridgehead atoms. The second-order valence-corrected chi connectivity index (χ2v) is 8.90. The van der Waals surface area contributed by atoms with Crippen LogP contribution in [0.15, 0.2) is 24.3 Å². The number of carbonyl (C=O) groups excluding carboxylic acids is 1. The van der Waals surface area contributed by atoms with Gasteiger partial charge in [0, 0.05) is 58.4 Å². The molecule has 0 spiro atoms. The highest BCUT2D eigenvalue weighted by atomic mass is 35.5. The van der Waals surface area contributed by atoms with Crippen molar-refractivity contribution in [3.05, 3.63) is 35.0 Å². The Morgan fingerprint density at radius 2 is 1.74 bits per heavy atom. The molecule has 34 heavy (non-hydrogen) atoms. The van der Waals surface area contributed by atoms with Gasteiger partial charge in [-0.05, 0) is 30.5 Å². The second-order valence-electron chi connectivity index (χ2n) is 8.55. The summed E-state index contributed by atoms with van der Waals surface area (Å²) in [6.07, 6.45) is 2.27. The number of amides is 1. The van der Waals surface area contributed by atoms with Crippen LogP contribution < -0.4 is 25.8 Å². The number of benzene rings is 1. The Hall–Kier alpha value is -3.24. The van der Waals surface area contributed by atoms with Crippen LogP contribution in [0.25, 0.3) is 11.2 Å². The molecule has 1 amide bonds. The van der Waals surface area contributed by atoms with Gasteiger partial charge in [0.1, 0.15) is 0 Å². The molecule has 2 aromatic heterocycles. The summed E-state index contributed by atoms with van der Waals surface area (Å²) in [6, 6.07) is 7.61. The van der Waals surface area contributed by atoms with Gasteiger partial charge in [-0.1, -0.05) is 23.7 Å². The van der Waals surface area contributed by atoms with E-state index >= 15 is 0 Å². The van der Waals surface area contributed by atoms with Crippen LogP contribution in [-0.4, -0.2) is 65.1 Å². The Bertz CT molecular complexity index is 1180. The number of piperazine rings is 1. The SMILES string of the molecule is CC(=O)Nc1ccc(CNc2nc3nc(N4CCNCC4)nc(N4CCCC4)c3nc2Cl)cc1. The molecule has 2 aliphatic heterocycles. The molecular weight excluding hydrogens is 454 g/mol. The molecule has 10 nitrogen and oxygen atoms in total. The van der Waals surface area contributed by atoms with Crippen LogP contribution in [0, 0.1) is 0 Å². The highest BCUT2D eigenvalue weighted by Crippen LogP contribution is 2.30. The van der Waals surface area contributed by atoms with Crippen LogP contribution in [0.3, 0.4) is 0 Å². The van der Waals surface area contributed by atoms with Crippen molar-refractivity contribution >= 4 is 51.9 Å². The zero-order chi connectivity index (χ0) is 23.5. The van der Waals surface area contributed by atoms with Crippen molar-refractivity contribution in [1.82, 2.24) is 25.3 Å². The molecule has 1 aromatic carbocycles. The quantitative estimate of drug-likeness (QED) is 0.489. The Balaban J connectivity index is 1.43. The van der Waals surface area contributed by atoms with E-state index in [9.17, 15) is 4.79 Å². The predicted molar refractivity (Wildman–Crippen MR) is 135 cm³/mol. The number of halogens is 1. The van der Waals surface area contributed by atoms with E-state index < -0.39 is 0 Å². The van der Waals surface area contributed by atoms with E-state index in [2.05, 4.69) is 30.7 Å². The van der Waals surface area contributed by atoms with E-state index in [4.69, 9.17) is 26.6 Å². The number of aromatic nitrogens is 4. The first-order chi connectivity index (χ1) is 16.6. The predicted octanol–water partition coefficient (Wildman–Crippen LogP) is 2.65. The molecule has 3 aromatic rings. The summed E-state index contributed by atoms with van der Waals surface area (Å²) in [4.78, 5) is 34.7. The summed E-state index contributed by atoms with van der Waals surface area (Å²) in [5, 5.41) is 9.71. The van der Waals surface area contributed by atoms with Crippen molar-refractivity contribution in [1.29, 1.82) is 0 Å². The maximum absolute atomic E-state index is 11.2. The standard InChI is InChI=1S/C23H28ClN9O/c1-15(34)27-17-6-4-16(5-7-17)14-26-21-19(24)28-18-20(29-21)30-23(33-12-8-25-9-13-33)31-22(18)32-10-2-3-11-32/h4-7,25H,2-3,8-14H2,1H3,(H,27,34)(H,26,29,30,31). The minimum Gasteiger partial charge on any atom is -0.363 e. The average Bonchev–Trinajstić information content (AvgIpc) is 3.38. The van der Waals surface area contributed by atoms with E-state index in [0.717, 1.165) is 69.2 Å². The van der Waals surface area contributed by atoms with Crippen molar-refractivity contribution in [2.75, 3.05) is 59.7 Å². The lowest BCUT2D eigenvalue weighted by molar-refractivity contribution is -0.114. The number of carbonyl (C=O) groups is 1. The van der Waals surface area contributed by atoms with Gasteiger partial charge in [-0.3, -0.25) is 4.79 Å². The Morgan fingerprint density at radius 1 is 1.00 bits per heavy atom. The van der Waals surface area contributed by atoms with Gasteiger partial charge in [0.2, 0.25) is 11.9 Å². The van der Waals surface area contributed by atoms with Crippen LogP contribution in [0.1, 0.15) is 25.3 Å². The first-order valence-corrected chi connectivity index (χ1v) is 12.0. The molecule has 5 rings (SSSR count). The lowest BCUT2D eigenvalue weighted by Gasteiger charge is -2.28. The third-order valence-corrected chi connectivity index (χ3v) is 6.26. The van der Waals surface area contributed by atoms with Gasteiger partial charge in [-0.25, -0.2) is 9.97 Å². The molecule has 0 radical (unpaired) electrons. The summed E-state index contributed by atoms with van der Waals surface area (Å²) in [5.74, 6) is 1.88. The first kappa shape index (κ1) is 22.5. The molecule has 0 aliphatic carbocycles. The van der Waals surface area contributed by atoms with E-state index in [1.807, 2.05) is 24.3 Å². The molecule has 2 aliphatic rings. The molecule has 0 saturated carbocycles. The summed E-state index contributed by atoms with van der Waals surface area (Å²) in [7, 11) is 0. The molecule has 178 valence electrons. The van der Waals surface area contributed by atoms with Crippen LogP contribution in [0.5, 0.6) is 0 Å². The van der Waals surface area contributed by atoms with Crippen molar-refractivity contribution in [3.8, 4) is 0 Å². The largest absolute Gasteiger partial charge is 0.363 e. The number of rotatable bonds is 6. The van der Waals surface area contributed by atoms with Gasteiger partial charge in [0.15, 0.2) is 28.0 Å². The van der Waals surface area contributed by atoms with Crippen LogP contribution >= 0.6 is 11.6 Å². The second kappa shape index (κ2) is 9.94. The van der Waals surface area contributed by atoms with E-state index in [1.54, 1.807) is 0 Å². The fourth-order valence-corrected chi connectivity index (χ4v) is 4.46. The number of hydrogen-bond donors (Lipinski definition) is 3. The Labute approximate surface area is 203 Å². The van der Waals surface area contributed by atoms with E-state index in [1.165, 1.54) is 6.92 Å². The fraction of sp³-hybridized carbons (Fsp3) is 0.435. The van der Waals surface area contributed by atoms with E-state index in [-0.39, 0.29) is 5.91 Å². The van der Waals surface area contributed by atoms with Crippen LogP contribution in [0.4, 0.5) is 23.3 Å².